The number of aliphatic hydroxyl groups excluding tert-OH is 1. The SMILES string of the molecule is C=C1[C@H](n2cc(F)c(N)nc2=O)O[C@H](COP(=O)(O)OC[C@@H](COC(=O)CCCCCCC/C=C\CCCCCCCC)OC(=O)CCCCCCC/C=C\CCCCCCCC)[C@H]1O.[Na]. The molecular weight excluding hydrogens is 880 g/mol. The van der Waals surface area contributed by atoms with Crippen molar-refractivity contribution >= 4 is 55.1 Å². The van der Waals surface area contributed by atoms with Crippen LogP contribution < -0.4 is 11.4 Å². The summed E-state index contributed by atoms with van der Waals surface area (Å²) in [5, 5.41) is 10.6. The molecule has 1 aliphatic rings. The van der Waals surface area contributed by atoms with Crippen molar-refractivity contribution in [3.8, 4) is 0 Å². The Hall–Kier alpha value is -2.20. The summed E-state index contributed by atoms with van der Waals surface area (Å²) in [5.74, 6) is -2.66. The molecule has 0 bridgehead atoms. The Morgan fingerprint density at radius 3 is 1.74 bits per heavy atom. The molecule has 1 radical (unpaired) electrons. The molecule has 14 nitrogen and oxygen atoms in total. The Kier molecular flexibility index (Phi) is 36.2. The molecule has 1 saturated heterocycles. The quantitative estimate of drug-likeness (QED) is 0.0185. The Labute approximate surface area is 417 Å². The van der Waals surface area contributed by atoms with Gasteiger partial charge < -0.3 is 29.9 Å². The van der Waals surface area contributed by atoms with Gasteiger partial charge in [-0.25, -0.2) is 13.8 Å². The maximum Gasteiger partial charge on any atom is 0.472 e. The van der Waals surface area contributed by atoms with E-state index in [0.29, 0.717) is 12.8 Å². The van der Waals surface area contributed by atoms with Gasteiger partial charge in [-0.15, -0.1) is 0 Å². The summed E-state index contributed by atoms with van der Waals surface area (Å²) in [6.07, 6.45) is 34.0. The zero-order valence-electron chi connectivity index (χ0n) is 40.7. The van der Waals surface area contributed by atoms with E-state index in [-0.39, 0.29) is 48.0 Å². The Bertz CT molecular complexity index is 1650. The number of aliphatic hydroxyl groups is 1. The molecule has 4 N–H and O–H groups in total. The smallest absolute Gasteiger partial charge is 0.462 e. The average molecular weight is 963 g/mol. The predicted molar refractivity (Wildman–Crippen MR) is 259 cm³/mol. The Morgan fingerprint density at radius 1 is 0.788 bits per heavy atom. The first kappa shape index (κ1) is 61.8. The van der Waals surface area contributed by atoms with Crippen LogP contribution in [0.3, 0.4) is 0 Å². The third-order valence-electron chi connectivity index (χ3n) is 11.4. The first-order chi connectivity index (χ1) is 31.4. The van der Waals surface area contributed by atoms with Crippen LogP contribution in [0.1, 0.15) is 200 Å². The number of nitrogen functional groups attached to an aromatic ring is 1. The minimum Gasteiger partial charge on any atom is -0.462 e. The topological polar surface area (TPSA) is 199 Å². The van der Waals surface area contributed by atoms with Gasteiger partial charge in [-0.2, -0.15) is 4.98 Å². The molecule has 17 heteroatoms. The summed E-state index contributed by atoms with van der Waals surface area (Å²) in [6.45, 7) is 6.42. The molecule has 1 unspecified atom stereocenters. The van der Waals surface area contributed by atoms with Crippen LogP contribution in [-0.2, 0) is 37.4 Å². The average Bonchev–Trinajstić information content (AvgIpc) is 3.56. The third-order valence-corrected chi connectivity index (χ3v) is 12.3. The van der Waals surface area contributed by atoms with Gasteiger partial charge in [0.25, 0.3) is 0 Å². The van der Waals surface area contributed by atoms with Gasteiger partial charge in [-0.05, 0) is 64.2 Å². The van der Waals surface area contributed by atoms with E-state index in [1.807, 2.05) is 0 Å². The van der Waals surface area contributed by atoms with Crippen molar-refractivity contribution in [3.05, 3.63) is 59.0 Å². The maximum absolute atomic E-state index is 14.1. The van der Waals surface area contributed by atoms with Gasteiger partial charge >= 0.3 is 25.5 Å². The van der Waals surface area contributed by atoms with E-state index in [1.54, 1.807) is 0 Å². The van der Waals surface area contributed by atoms with Crippen LogP contribution >= 0.6 is 7.82 Å². The summed E-state index contributed by atoms with van der Waals surface area (Å²) in [5.41, 5.74) is 4.34. The summed E-state index contributed by atoms with van der Waals surface area (Å²) in [6, 6.07) is 0. The summed E-state index contributed by atoms with van der Waals surface area (Å²) < 4.78 is 54.5. The standard InChI is InChI=1S/C49H83FN3O11P.Na/c1-4-6-8-10-12-14-16-18-20-22-24-26-28-30-32-34-44(54)60-37-41(63-45(55)35-33-31-29-27-25-23-21-19-17-15-13-11-9-7-5-2)38-61-65(58,59)62-39-43-46(56)40(3)48(64-43)53-36-42(50)47(51)52-49(53)57;/h18-21,36,41,43,46,48,56H,3-17,22-35,37-39H2,1-2H3,(H,58,59)(H2,51,52,57);/b20-18-,21-19-;/t41-,43-,46+,48-;/m1./s1. The molecule has 0 saturated carbocycles. The van der Waals surface area contributed by atoms with Gasteiger partial charge in [0.1, 0.15) is 18.8 Å². The molecule has 66 heavy (non-hydrogen) atoms. The number of anilines is 1. The van der Waals surface area contributed by atoms with Gasteiger partial charge in [-0.1, -0.05) is 147 Å². The number of esters is 2. The van der Waals surface area contributed by atoms with Crippen LogP contribution in [-0.4, -0.2) is 99.2 Å². The van der Waals surface area contributed by atoms with Crippen LogP contribution in [0.25, 0.3) is 0 Å². The third kappa shape index (κ3) is 29.0. The number of rotatable bonds is 40. The predicted octanol–water partition coefficient (Wildman–Crippen LogP) is 11.1. The number of allylic oxidation sites excluding steroid dienone is 4. The van der Waals surface area contributed by atoms with Crippen molar-refractivity contribution < 1.29 is 51.8 Å². The molecule has 0 spiro atoms. The van der Waals surface area contributed by atoms with Gasteiger partial charge in [0, 0.05) is 48.0 Å². The van der Waals surface area contributed by atoms with E-state index < -0.39 is 81.4 Å². The number of hydrogen-bond donors (Lipinski definition) is 3. The van der Waals surface area contributed by atoms with Crippen molar-refractivity contribution in [1.82, 2.24) is 9.55 Å². The van der Waals surface area contributed by atoms with Crippen LogP contribution in [0.5, 0.6) is 0 Å². The molecule has 1 aromatic heterocycles. The number of halogens is 1. The fraction of sp³-hybridized carbons (Fsp3) is 0.755. The molecular formula is C49H83FN3NaO11P. The van der Waals surface area contributed by atoms with Gasteiger partial charge in [0.05, 0.1) is 19.4 Å². The first-order valence-electron chi connectivity index (χ1n) is 24.7. The number of phosphoric ester groups is 1. The molecule has 2 heterocycles. The number of nitrogens with zero attached hydrogens (tertiary/aromatic N) is 2. The normalized spacial score (nSPS) is 17.6. The molecule has 0 amide bonds. The van der Waals surface area contributed by atoms with Gasteiger partial charge in [0.15, 0.2) is 24.0 Å². The van der Waals surface area contributed by atoms with Crippen LogP contribution in [0.2, 0.25) is 0 Å². The minimum absolute atomic E-state index is 0. The van der Waals surface area contributed by atoms with Crippen molar-refractivity contribution in [3.63, 3.8) is 0 Å². The molecule has 0 aliphatic carbocycles. The largest absolute Gasteiger partial charge is 0.472 e. The van der Waals surface area contributed by atoms with E-state index in [2.05, 4.69) is 49.7 Å². The van der Waals surface area contributed by atoms with Crippen LogP contribution in [0, 0.1) is 5.82 Å². The van der Waals surface area contributed by atoms with E-state index in [1.165, 1.54) is 77.0 Å². The number of ether oxygens (including phenoxy) is 3. The summed E-state index contributed by atoms with van der Waals surface area (Å²) in [4.78, 5) is 51.7. The first-order valence-corrected chi connectivity index (χ1v) is 26.2. The maximum atomic E-state index is 14.1. The second-order valence-electron chi connectivity index (χ2n) is 17.2. The fourth-order valence-electron chi connectivity index (χ4n) is 7.39. The summed E-state index contributed by atoms with van der Waals surface area (Å²) in [7, 11) is -4.87. The molecule has 2 rings (SSSR count). The van der Waals surface area contributed by atoms with Gasteiger partial charge in [-0.3, -0.25) is 23.2 Å². The molecule has 1 aliphatic heterocycles. The number of hydrogen-bond acceptors (Lipinski definition) is 12. The zero-order chi connectivity index (χ0) is 47.5. The fourth-order valence-corrected chi connectivity index (χ4v) is 8.16. The van der Waals surface area contributed by atoms with E-state index in [0.717, 1.165) is 87.8 Å². The number of carbonyl (C=O) groups is 2. The second-order valence-corrected chi connectivity index (χ2v) is 18.7. The number of unbranched alkanes of at least 4 members (excludes halogenated alkanes) is 22. The molecule has 1 fully saturated rings. The Balaban J connectivity index is 0.0000218. The molecule has 5 atom stereocenters. The molecule has 1 aromatic rings. The van der Waals surface area contributed by atoms with Crippen LogP contribution in [0.4, 0.5) is 10.2 Å². The van der Waals surface area contributed by atoms with E-state index in [4.69, 9.17) is 29.0 Å². The second kappa shape index (κ2) is 38.6. The van der Waals surface area contributed by atoms with Crippen molar-refractivity contribution in [2.45, 2.75) is 218 Å². The molecule has 0 aromatic carbocycles. The number of aromatic nitrogens is 2. The van der Waals surface area contributed by atoms with Crippen molar-refractivity contribution in [2.75, 3.05) is 25.6 Å². The van der Waals surface area contributed by atoms with E-state index in [9.17, 15) is 33.3 Å². The Morgan fingerprint density at radius 2 is 1.24 bits per heavy atom. The number of phosphoric acid groups is 1. The van der Waals surface area contributed by atoms with E-state index >= 15 is 0 Å². The monoisotopic (exact) mass is 963 g/mol. The zero-order valence-corrected chi connectivity index (χ0v) is 43.6. The minimum atomic E-state index is -4.87. The number of nitrogens with two attached hydrogens (primary N) is 1. The summed E-state index contributed by atoms with van der Waals surface area (Å²) >= 11 is 0. The van der Waals surface area contributed by atoms with Crippen molar-refractivity contribution in [1.29, 1.82) is 0 Å². The van der Waals surface area contributed by atoms with Crippen molar-refractivity contribution in [2.24, 2.45) is 0 Å². The number of carbonyl (C=O) groups excluding carboxylic acids is 2. The van der Waals surface area contributed by atoms with Crippen LogP contribution in [0.15, 0.2) is 47.4 Å². The molecule has 373 valence electrons. The van der Waals surface area contributed by atoms with Gasteiger partial charge in [0.2, 0.25) is 0 Å².